The van der Waals surface area contributed by atoms with Gasteiger partial charge in [0.1, 0.15) is 11.9 Å². The Kier molecular flexibility index (Phi) is 7.23. The molecule has 3 atom stereocenters. The summed E-state index contributed by atoms with van der Waals surface area (Å²) in [6.07, 6.45) is 0.959. The zero-order chi connectivity index (χ0) is 15.8. The van der Waals surface area contributed by atoms with Gasteiger partial charge in [-0.1, -0.05) is 38.5 Å². The van der Waals surface area contributed by atoms with Gasteiger partial charge in [0.15, 0.2) is 0 Å². The van der Waals surface area contributed by atoms with Gasteiger partial charge in [0, 0.05) is 13.6 Å². The summed E-state index contributed by atoms with van der Waals surface area (Å²) in [7, 11) is 1.67. The van der Waals surface area contributed by atoms with Crippen molar-refractivity contribution >= 4 is 5.91 Å². The van der Waals surface area contributed by atoms with Gasteiger partial charge in [-0.25, -0.2) is 0 Å². The topological polar surface area (TPSA) is 50.4 Å². The van der Waals surface area contributed by atoms with E-state index in [0.717, 1.165) is 17.7 Å². The number of nitrogens with one attached hydrogen (secondary N) is 2. The second kappa shape index (κ2) is 8.67. The van der Waals surface area contributed by atoms with E-state index in [-0.39, 0.29) is 24.0 Å². The molecule has 0 fully saturated rings. The fourth-order valence-electron chi connectivity index (χ4n) is 2.18. The van der Waals surface area contributed by atoms with E-state index in [4.69, 9.17) is 4.74 Å². The Morgan fingerprint density at radius 3 is 2.52 bits per heavy atom. The third kappa shape index (κ3) is 5.38. The van der Waals surface area contributed by atoms with Crippen LogP contribution in [0.25, 0.3) is 0 Å². The van der Waals surface area contributed by atoms with E-state index in [2.05, 4.69) is 24.5 Å². The number of hydrogen-bond donors (Lipinski definition) is 2. The van der Waals surface area contributed by atoms with E-state index in [0.29, 0.717) is 6.54 Å². The summed E-state index contributed by atoms with van der Waals surface area (Å²) in [6.45, 7) is 8.85. The molecule has 4 heteroatoms. The van der Waals surface area contributed by atoms with E-state index in [1.807, 2.05) is 38.1 Å². The van der Waals surface area contributed by atoms with Crippen molar-refractivity contribution in [3.05, 3.63) is 29.8 Å². The van der Waals surface area contributed by atoms with Crippen molar-refractivity contribution in [3.8, 4) is 5.75 Å². The smallest absolute Gasteiger partial charge is 0.237 e. The van der Waals surface area contributed by atoms with Crippen molar-refractivity contribution in [2.75, 3.05) is 13.6 Å². The van der Waals surface area contributed by atoms with Gasteiger partial charge >= 0.3 is 0 Å². The quantitative estimate of drug-likeness (QED) is 0.774. The third-order valence-corrected chi connectivity index (χ3v) is 3.79. The normalized spacial score (nSPS) is 15.1. The lowest BCUT2D eigenvalue weighted by molar-refractivity contribution is -0.123. The highest BCUT2D eigenvalue weighted by molar-refractivity contribution is 5.81. The van der Waals surface area contributed by atoms with Crippen LogP contribution in [0.3, 0.4) is 0 Å². The minimum Gasteiger partial charge on any atom is -0.489 e. The van der Waals surface area contributed by atoms with Gasteiger partial charge in [-0.15, -0.1) is 0 Å². The van der Waals surface area contributed by atoms with Gasteiger partial charge in [-0.3, -0.25) is 4.79 Å². The SMILES string of the molecule is CCC(C)C(NC[C@@H](C)Oc1ccccc1C)C(=O)NC. The van der Waals surface area contributed by atoms with Crippen molar-refractivity contribution in [1.82, 2.24) is 10.6 Å². The average molecular weight is 292 g/mol. The van der Waals surface area contributed by atoms with Crippen LogP contribution >= 0.6 is 0 Å². The van der Waals surface area contributed by atoms with Crippen molar-refractivity contribution in [1.29, 1.82) is 0 Å². The van der Waals surface area contributed by atoms with Crippen LogP contribution in [0.4, 0.5) is 0 Å². The molecule has 0 bridgehead atoms. The number of amides is 1. The summed E-state index contributed by atoms with van der Waals surface area (Å²) >= 11 is 0. The molecule has 0 aliphatic heterocycles. The Hall–Kier alpha value is -1.55. The minimum atomic E-state index is -0.178. The molecule has 0 saturated heterocycles. The van der Waals surface area contributed by atoms with E-state index < -0.39 is 0 Å². The summed E-state index contributed by atoms with van der Waals surface area (Å²) < 4.78 is 5.93. The van der Waals surface area contributed by atoms with Crippen LogP contribution in [-0.2, 0) is 4.79 Å². The van der Waals surface area contributed by atoms with Crippen LogP contribution in [0, 0.1) is 12.8 Å². The first-order valence-electron chi connectivity index (χ1n) is 7.66. The molecule has 21 heavy (non-hydrogen) atoms. The number of benzene rings is 1. The Bertz CT molecular complexity index is 448. The minimum absolute atomic E-state index is 0.00214. The fraction of sp³-hybridized carbons (Fsp3) is 0.588. The summed E-state index contributed by atoms with van der Waals surface area (Å²) in [5.74, 6) is 1.22. The van der Waals surface area contributed by atoms with Gasteiger partial charge in [-0.2, -0.15) is 0 Å². The fourth-order valence-corrected chi connectivity index (χ4v) is 2.18. The molecule has 1 aromatic rings. The Balaban J connectivity index is 2.55. The Morgan fingerprint density at radius 2 is 1.95 bits per heavy atom. The van der Waals surface area contributed by atoms with Crippen LogP contribution in [0.15, 0.2) is 24.3 Å². The van der Waals surface area contributed by atoms with Crippen molar-refractivity contribution < 1.29 is 9.53 Å². The van der Waals surface area contributed by atoms with E-state index in [1.165, 1.54) is 0 Å². The van der Waals surface area contributed by atoms with Gasteiger partial charge in [0.2, 0.25) is 5.91 Å². The monoisotopic (exact) mass is 292 g/mol. The second-order valence-corrected chi connectivity index (χ2v) is 5.58. The molecule has 1 rings (SSSR count). The first-order valence-corrected chi connectivity index (χ1v) is 7.66. The molecule has 0 aliphatic rings. The molecule has 0 heterocycles. The molecule has 2 N–H and O–H groups in total. The summed E-state index contributed by atoms with van der Waals surface area (Å²) in [5.41, 5.74) is 1.12. The van der Waals surface area contributed by atoms with Crippen LogP contribution in [0.2, 0.25) is 0 Å². The zero-order valence-corrected chi connectivity index (χ0v) is 13.8. The van der Waals surface area contributed by atoms with Crippen molar-refractivity contribution in [2.24, 2.45) is 5.92 Å². The number of aryl methyl sites for hydroxylation is 1. The molecule has 0 saturated carbocycles. The number of carbonyl (C=O) groups is 1. The molecule has 118 valence electrons. The van der Waals surface area contributed by atoms with E-state index >= 15 is 0 Å². The highest BCUT2D eigenvalue weighted by atomic mass is 16.5. The number of hydrogen-bond acceptors (Lipinski definition) is 3. The van der Waals surface area contributed by atoms with Gasteiger partial charge in [0.25, 0.3) is 0 Å². The highest BCUT2D eigenvalue weighted by Crippen LogP contribution is 2.17. The predicted molar refractivity (Wildman–Crippen MR) is 86.6 cm³/mol. The Labute approximate surface area is 128 Å². The molecular formula is C17H28N2O2. The molecule has 0 radical (unpaired) electrons. The first-order chi connectivity index (χ1) is 9.99. The number of ether oxygens (including phenoxy) is 1. The number of carbonyl (C=O) groups excluding carboxylic acids is 1. The molecular weight excluding hydrogens is 264 g/mol. The number of likely N-dealkylation sites (N-methyl/N-ethyl adjacent to an activating group) is 1. The second-order valence-electron chi connectivity index (χ2n) is 5.58. The molecule has 2 unspecified atom stereocenters. The summed E-state index contributed by atoms with van der Waals surface area (Å²) in [5, 5.41) is 6.04. The summed E-state index contributed by atoms with van der Waals surface area (Å²) in [4.78, 5) is 11.9. The van der Waals surface area contributed by atoms with Crippen molar-refractivity contribution in [3.63, 3.8) is 0 Å². The van der Waals surface area contributed by atoms with Crippen LogP contribution in [0.1, 0.15) is 32.8 Å². The maximum absolute atomic E-state index is 11.9. The van der Waals surface area contributed by atoms with Gasteiger partial charge < -0.3 is 15.4 Å². The maximum Gasteiger partial charge on any atom is 0.237 e. The molecule has 0 aliphatic carbocycles. The largest absolute Gasteiger partial charge is 0.489 e. The lowest BCUT2D eigenvalue weighted by Crippen LogP contribution is -2.49. The van der Waals surface area contributed by atoms with Crippen LogP contribution in [0.5, 0.6) is 5.75 Å². The molecule has 4 nitrogen and oxygen atoms in total. The lowest BCUT2D eigenvalue weighted by Gasteiger charge is -2.25. The number of para-hydroxylation sites is 1. The average Bonchev–Trinajstić information content (AvgIpc) is 2.49. The van der Waals surface area contributed by atoms with E-state index in [9.17, 15) is 4.79 Å². The molecule has 1 amide bonds. The standard InChI is InChI=1S/C17H28N2O2/c1-6-12(2)16(17(20)18-5)19-11-14(4)21-15-10-8-7-9-13(15)3/h7-10,12,14,16,19H,6,11H2,1-5H3,(H,18,20)/t12?,14-,16?/m1/s1. The summed E-state index contributed by atoms with van der Waals surface area (Å²) in [6, 6.07) is 7.78. The first kappa shape index (κ1) is 17.5. The zero-order valence-electron chi connectivity index (χ0n) is 13.8. The molecule has 0 aromatic heterocycles. The molecule has 1 aromatic carbocycles. The van der Waals surface area contributed by atoms with Crippen molar-refractivity contribution in [2.45, 2.75) is 46.3 Å². The number of rotatable bonds is 8. The van der Waals surface area contributed by atoms with Crippen LogP contribution < -0.4 is 15.4 Å². The highest BCUT2D eigenvalue weighted by Gasteiger charge is 2.23. The molecule has 0 spiro atoms. The van der Waals surface area contributed by atoms with Crippen LogP contribution in [-0.4, -0.2) is 31.6 Å². The maximum atomic E-state index is 11.9. The third-order valence-electron chi connectivity index (χ3n) is 3.79. The van der Waals surface area contributed by atoms with E-state index in [1.54, 1.807) is 7.05 Å². The predicted octanol–water partition coefficient (Wildman–Crippen LogP) is 2.51. The van der Waals surface area contributed by atoms with Gasteiger partial charge in [-0.05, 0) is 31.4 Å². The van der Waals surface area contributed by atoms with Gasteiger partial charge in [0.05, 0.1) is 6.04 Å². The Morgan fingerprint density at radius 1 is 1.29 bits per heavy atom. The lowest BCUT2D eigenvalue weighted by atomic mass is 9.98.